The van der Waals surface area contributed by atoms with Crippen LogP contribution in [0.5, 0.6) is 0 Å². The van der Waals surface area contributed by atoms with Gasteiger partial charge in [0.2, 0.25) is 11.8 Å². The van der Waals surface area contributed by atoms with Crippen LogP contribution < -0.4 is 16.4 Å². The van der Waals surface area contributed by atoms with Crippen molar-refractivity contribution < 1.29 is 23.9 Å². The maximum atomic E-state index is 13.1. The molecule has 0 unspecified atom stereocenters. The first-order valence-electron chi connectivity index (χ1n) is 9.01. The number of nitrogen functional groups attached to an aromatic ring is 1. The normalized spacial score (nSPS) is 17.5. The van der Waals surface area contributed by atoms with E-state index < -0.39 is 29.9 Å². The lowest BCUT2D eigenvalue weighted by molar-refractivity contribution is -0.141. The van der Waals surface area contributed by atoms with Crippen molar-refractivity contribution in [1.29, 1.82) is 0 Å². The number of methoxy groups -OCH3 is 1. The number of carbonyl (C=O) groups is 4. The van der Waals surface area contributed by atoms with Gasteiger partial charge in [-0.25, -0.2) is 0 Å². The van der Waals surface area contributed by atoms with Gasteiger partial charge < -0.3 is 26.0 Å². The van der Waals surface area contributed by atoms with E-state index in [-0.39, 0.29) is 30.4 Å². The standard InChI is InChI=1S/C19H26N4O5/c1-10(2)17-18(26)22-14-6-5-12(20)8-13(14)19(27)23(17)9-15(24)21-11(3)7-16(25)28-4/h5-6,8,10-11,17H,7,9,20H2,1-4H3,(H,21,24)(H,22,26)/t11-,17+/m1/s1. The maximum Gasteiger partial charge on any atom is 0.307 e. The number of nitrogens with one attached hydrogen (secondary N) is 2. The third-order valence-electron chi connectivity index (χ3n) is 4.45. The Morgan fingerprint density at radius 1 is 1.29 bits per heavy atom. The first kappa shape index (κ1) is 21.2. The van der Waals surface area contributed by atoms with Crippen LogP contribution in [0, 0.1) is 5.92 Å². The van der Waals surface area contributed by atoms with Crippen LogP contribution in [0.4, 0.5) is 11.4 Å². The minimum absolute atomic E-state index is 0.00362. The van der Waals surface area contributed by atoms with E-state index >= 15 is 0 Å². The zero-order valence-corrected chi connectivity index (χ0v) is 16.4. The van der Waals surface area contributed by atoms with E-state index in [1.54, 1.807) is 32.9 Å². The van der Waals surface area contributed by atoms with Crippen LogP contribution >= 0.6 is 0 Å². The molecule has 0 saturated carbocycles. The molecule has 1 heterocycles. The molecule has 0 aliphatic carbocycles. The first-order chi connectivity index (χ1) is 13.1. The predicted molar refractivity (Wildman–Crippen MR) is 103 cm³/mol. The Labute approximate surface area is 163 Å². The van der Waals surface area contributed by atoms with Crippen molar-refractivity contribution in [3.05, 3.63) is 23.8 Å². The molecule has 9 heteroatoms. The van der Waals surface area contributed by atoms with Crippen LogP contribution in [0.3, 0.4) is 0 Å². The predicted octanol–water partition coefficient (Wildman–Crippen LogP) is 0.756. The fraction of sp³-hybridized carbons (Fsp3) is 0.474. The third-order valence-corrected chi connectivity index (χ3v) is 4.45. The Morgan fingerprint density at radius 3 is 2.57 bits per heavy atom. The summed E-state index contributed by atoms with van der Waals surface area (Å²) in [5, 5.41) is 5.39. The minimum Gasteiger partial charge on any atom is -0.469 e. The molecular weight excluding hydrogens is 364 g/mol. The minimum atomic E-state index is -0.831. The molecule has 1 aliphatic rings. The Kier molecular flexibility index (Phi) is 6.61. The second-order valence-corrected chi connectivity index (χ2v) is 7.16. The average Bonchev–Trinajstić information content (AvgIpc) is 2.70. The van der Waals surface area contributed by atoms with Crippen LogP contribution in [0.2, 0.25) is 0 Å². The number of anilines is 2. The SMILES string of the molecule is COC(=O)C[C@@H](C)NC(=O)CN1C(=O)c2cc(N)ccc2NC(=O)[C@@H]1C(C)C. The smallest absolute Gasteiger partial charge is 0.307 e. The average molecular weight is 390 g/mol. The molecule has 0 spiro atoms. The summed E-state index contributed by atoms with van der Waals surface area (Å²) in [5.74, 6) is -1.99. The fourth-order valence-corrected chi connectivity index (χ4v) is 3.17. The van der Waals surface area contributed by atoms with Gasteiger partial charge in [-0.2, -0.15) is 0 Å². The number of fused-ring (bicyclic) bond motifs is 1. The monoisotopic (exact) mass is 390 g/mol. The van der Waals surface area contributed by atoms with Crippen LogP contribution in [0.15, 0.2) is 18.2 Å². The Hall–Kier alpha value is -3.10. The second-order valence-electron chi connectivity index (χ2n) is 7.16. The van der Waals surface area contributed by atoms with Gasteiger partial charge in [0.05, 0.1) is 24.8 Å². The largest absolute Gasteiger partial charge is 0.469 e. The topological polar surface area (TPSA) is 131 Å². The van der Waals surface area contributed by atoms with Gasteiger partial charge in [-0.05, 0) is 31.0 Å². The van der Waals surface area contributed by atoms with Crippen molar-refractivity contribution in [3.63, 3.8) is 0 Å². The summed E-state index contributed by atoms with van der Waals surface area (Å²) in [5.41, 5.74) is 6.75. The number of nitrogens with two attached hydrogens (primary N) is 1. The van der Waals surface area contributed by atoms with E-state index in [0.717, 1.165) is 0 Å². The van der Waals surface area contributed by atoms with Gasteiger partial charge in [0, 0.05) is 11.7 Å². The molecule has 2 atom stereocenters. The number of amides is 3. The molecule has 0 radical (unpaired) electrons. The number of hydrogen-bond acceptors (Lipinski definition) is 6. The van der Waals surface area contributed by atoms with Gasteiger partial charge in [-0.15, -0.1) is 0 Å². The van der Waals surface area contributed by atoms with Gasteiger partial charge in [-0.3, -0.25) is 19.2 Å². The van der Waals surface area contributed by atoms with Gasteiger partial charge in [0.1, 0.15) is 12.6 Å². The van der Waals surface area contributed by atoms with Crippen molar-refractivity contribution in [2.24, 2.45) is 5.92 Å². The molecule has 0 bridgehead atoms. The lowest BCUT2D eigenvalue weighted by Crippen LogP contribution is -2.52. The Morgan fingerprint density at radius 2 is 1.96 bits per heavy atom. The summed E-state index contributed by atoms with van der Waals surface area (Å²) >= 11 is 0. The number of benzene rings is 1. The Bertz CT molecular complexity index is 793. The summed E-state index contributed by atoms with van der Waals surface area (Å²) in [4.78, 5) is 50.9. The van der Waals surface area contributed by atoms with Crippen molar-refractivity contribution in [2.45, 2.75) is 39.3 Å². The van der Waals surface area contributed by atoms with E-state index in [1.165, 1.54) is 18.1 Å². The number of rotatable bonds is 6. The Balaban J connectivity index is 2.27. The zero-order valence-electron chi connectivity index (χ0n) is 16.4. The van der Waals surface area contributed by atoms with Gasteiger partial charge >= 0.3 is 5.97 Å². The molecule has 2 rings (SSSR count). The maximum absolute atomic E-state index is 13.1. The molecular formula is C19H26N4O5. The molecule has 4 N–H and O–H groups in total. The van der Waals surface area contributed by atoms with Crippen LogP contribution in [-0.4, -0.2) is 54.3 Å². The number of ether oxygens (including phenoxy) is 1. The summed E-state index contributed by atoms with van der Waals surface area (Å²) in [6.45, 7) is 4.93. The highest BCUT2D eigenvalue weighted by molar-refractivity contribution is 6.11. The highest BCUT2D eigenvalue weighted by Gasteiger charge is 2.38. The summed E-state index contributed by atoms with van der Waals surface area (Å²) in [7, 11) is 1.27. The van der Waals surface area contributed by atoms with E-state index in [9.17, 15) is 19.2 Å². The van der Waals surface area contributed by atoms with Crippen molar-refractivity contribution in [2.75, 3.05) is 24.7 Å². The van der Waals surface area contributed by atoms with Crippen molar-refractivity contribution >= 4 is 35.1 Å². The summed E-state index contributed by atoms with van der Waals surface area (Å²) < 4.78 is 4.58. The van der Waals surface area contributed by atoms with E-state index in [4.69, 9.17) is 5.73 Å². The number of carbonyl (C=O) groups excluding carboxylic acids is 4. The molecule has 3 amide bonds. The highest BCUT2D eigenvalue weighted by atomic mass is 16.5. The number of hydrogen-bond donors (Lipinski definition) is 3. The number of nitrogens with zero attached hydrogens (tertiary/aromatic N) is 1. The molecule has 152 valence electrons. The van der Waals surface area contributed by atoms with Gasteiger partial charge in [-0.1, -0.05) is 13.8 Å². The molecule has 1 aromatic rings. The lowest BCUT2D eigenvalue weighted by atomic mass is 10.0. The van der Waals surface area contributed by atoms with Crippen LogP contribution in [0.25, 0.3) is 0 Å². The van der Waals surface area contributed by atoms with Gasteiger partial charge in [0.25, 0.3) is 5.91 Å². The van der Waals surface area contributed by atoms with Crippen molar-refractivity contribution in [1.82, 2.24) is 10.2 Å². The zero-order chi connectivity index (χ0) is 21.0. The molecule has 0 saturated heterocycles. The molecule has 1 aromatic carbocycles. The molecule has 1 aliphatic heterocycles. The van der Waals surface area contributed by atoms with E-state index in [0.29, 0.717) is 11.4 Å². The van der Waals surface area contributed by atoms with Crippen LogP contribution in [0.1, 0.15) is 37.6 Å². The van der Waals surface area contributed by atoms with Crippen LogP contribution in [-0.2, 0) is 19.1 Å². The summed E-state index contributed by atoms with van der Waals surface area (Å²) in [6.07, 6.45) is 0.00362. The van der Waals surface area contributed by atoms with Crippen molar-refractivity contribution in [3.8, 4) is 0 Å². The first-order valence-corrected chi connectivity index (χ1v) is 9.01. The van der Waals surface area contributed by atoms with E-state index in [2.05, 4.69) is 15.4 Å². The third kappa shape index (κ3) is 4.79. The molecule has 0 aromatic heterocycles. The second kappa shape index (κ2) is 8.73. The fourth-order valence-electron chi connectivity index (χ4n) is 3.17. The molecule has 9 nitrogen and oxygen atoms in total. The molecule has 28 heavy (non-hydrogen) atoms. The molecule has 0 fully saturated rings. The lowest BCUT2D eigenvalue weighted by Gasteiger charge is -2.31. The quantitative estimate of drug-likeness (QED) is 0.485. The van der Waals surface area contributed by atoms with E-state index in [1.807, 2.05) is 0 Å². The summed E-state index contributed by atoms with van der Waals surface area (Å²) in [6, 6.07) is 3.33. The van der Waals surface area contributed by atoms with Gasteiger partial charge in [0.15, 0.2) is 0 Å². The number of esters is 1. The highest BCUT2D eigenvalue weighted by Crippen LogP contribution is 2.27.